The molecular weight excluding hydrogens is 376 g/mol. The average molecular weight is 407 g/mol. The molecule has 0 amide bonds. The predicted molar refractivity (Wildman–Crippen MR) is 118 cm³/mol. The first-order chi connectivity index (χ1) is 14.4. The Hall–Kier alpha value is -3.08. The summed E-state index contributed by atoms with van der Waals surface area (Å²) in [6.45, 7) is 6.29. The second-order valence-corrected chi connectivity index (χ2v) is 8.40. The van der Waals surface area contributed by atoms with E-state index in [1.807, 2.05) is 69.4 Å². The van der Waals surface area contributed by atoms with Crippen molar-refractivity contribution in [3.63, 3.8) is 0 Å². The molecule has 1 atom stereocenters. The number of para-hydroxylation sites is 1. The summed E-state index contributed by atoms with van der Waals surface area (Å²) in [4.78, 5) is 17.3. The van der Waals surface area contributed by atoms with E-state index in [0.717, 1.165) is 22.7 Å². The van der Waals surface area contributed by atoms with Crippen molar-refractivity contribution in [1.82, 2.24) is 9.55 Å². The van der Waals surface area contributed by atoms with Crippen molar-refractivity contribution >= 4 is 5.97 Å². The summed E-state index contributed by atoms with van der Waals surface area (Å²) in [5, 5.41) is 0. The number of benzene rings is 2. The molecule has 0 spiro atoms. The van der Waals surface area contributed by atoms with Crippen LogP contribution in [0.4, 0.5) is 0 Å². The van der Waals surface area contributed by atoms with Gasteiger partial charge >= 0.3 is 5.97 Å². The van der Waals surface area contributed by atoms with E-state index in [1.165, 1.54) is 0 Å². The van der Waals surface area contributed by atoms with Gasteiger partial charge in [0.2, 0.25) is 0 Å². The molecule has 0 bridgehead atoms. The maximum atomic E-state index is 12.6. The van der Waals surface area contributed by atoms with E-state index in [9.17, 15) is 4.79 Å². The van der Waals surface area contributed by atoms with Gasteiger partial charge in [0.05, 0.1) is 20.1 Å². The molecule has 2 aromatic carbocycles. The summed E-state index contributed by atoms with van der Waals surface area (Å²) >= 11 is 0. The van der Waals surface area contributed by atoms with E-state index >= 15 is 0 Å². The first-order valence-corrected chi connectivity index (χ1v) is 10.2. The SMILES string of the molecule is COc1ccccc1Cn1ccnc1[C@@H](CC(=O)OC(C)(C)C)Cc1ccccc1. The second kappa shape index (κ2) is 9.61. The average Bonchev–Trinajstić information content (AvgIpc) is 3.15. The molecule has 0 radical (unpaired) electrons. The lowest BCUT2D eigenvalue weighted by Gasteiger charge is -2.23. The summed E-state index contributed by atoms with van der Waals surface area (Å²) in [7, 11) is 1.67. The molecule has 0 saturated heterocycles. The van der Waals surface area contributed by atoms with Crippen LogP contribution in [0.2, 0.25) is 0 Å². The van der Waals surface area contributed by atoms with Crippen LogP contribution in [0.1, 0.15) is 50.1 Å². The fraction of sp³-hybridized carbons (Fsp3) is 0.360. The van der Waals surface area contributed by atoms with Crippen LogP contribution in [0.3, 0.4) is 0 Å². The van der Waals surface area contributed by atoms with Crippen molar-refractivity contribution in [2.45, 2.75) is 51.7 Å². The Bertz CT molecular complexity index is 958. The van der Waals surface area contributed by atoms with Gasteiger partial charge in [-0.3, -0.25) is 4.79 Å². The van der Waals surface area contributed by atoms with E-state index < -0.39 is 5.60 Å². The third-order valence-corrected chi connectivity index (χ3v) is 4.80. The van der Waals surface area contributed by atoms with Gasteiger partial charge < -0.3 is 14.0 Å². The van der Waals surface area contributed by atoms with Crippen LogP contribution < -0.4 is 4.74 Å². The summed E-state index contributed by atoms with van der Waals surface area (Å²) in [6, 6.07) is 18.1. The molecule has 0 fully saturated rings. The third-order valence-electron chi connectivity index (χ3n) is 4.80. The van der Waals surface area contributed by atoms with Gasteiger partial charge in [0.1, 0.15) is 17.2 Å². The quantitative estimate of drug-likeness (QED) is 0.494. The summed E-state index contributed by atoms with van der Waals surface area (Å²) in [5.41, 5.74) is 1.72. The summed E-state index contributed by atoms with van der Waals surface area (Å²) in [5.74, 6) is 1.40. The molecular formula is C25H30N2O3. The van der Waals surface area contributed by atoms with Crippen molar-refractivity contribution in [3.05, 3.63) is 83.9 Å². The van der Waals surface area contributed by atoms with Crippen molar-refractivity contribution in [3.8, 4) is 5.75 Å². The molecule has 0 N–H and O–H groups in total. The van der Waals surface area contributed by atoms with Gasteiger partial charge in [-0.25, -0.2) is 4.98 Å². The zero-order valence-corrected chi connectivity index (χ0v) is 18.2. The molecule has 158 valence electrons. The van der Waals surface area contributed by atoms with Crippen LogP contribution in [0.5, 0.6) is 5.75 Å². The van der Waals surface area contributed by atoms with Gasteiger partial charge in [-0.1, -0.05) is 48.5 Å². The Labute approximate surface area is 178 Å². The van der Waals surface area contributed by atoms with Crippen LogP contribution in [-0.2, 0) is 22.5 Å². The van der Waals surface area contributed by atoms with E-state index in [-0.39, 0.29) is 18.3 Å². The molecule has 30 heavy (non-hydrogen) atoms. The van der Waals surface area contributed by atoms with Gasteiger partial charge in [-0.05, 0) is 38.8 Å². The normalized spacial score (nSPS) is 12.4. The summed E-state index contributed by atoms with van der Waals surface area (Å²) in [6.07, 6.45) is 4.73. The van der Waals surface area contributed by atoms with Gasteiger partial charge in [0.25, 0.3) is 0 Å². The van der Waals surface area contributed by atoms with Crippen LogP contribution in [0.25, 0.3) is 0 Å². The fourth-order valence-corrected chi connectivity index (χ4v) is 3.57. The van der Waals surface area contributed by atoms with Crippen LogP contribution in [0, 0.1) is 0 Å². The predicted octanol–water partition coefficient (Wildman–Crippen LogP) is 5.00. The van der Waals surface area contributed by atoms with Crippen molar-refractivity contribution in [2.75, 3.05) is 7.11 Å². The molecule has 1 heterocycles. The summed E-state index contributed by atoms with van der Waals surface area (Å²) < 4.78 is 13.2. The highest BCUT2D eigenvalue weighted by Crippen LogP contribution is 2.27. The fourth-order valence-electron chi connectivity index (χ4n) is 3.57. The highest BCUT2D eigenvalue weighted by molar-refractivity contribution is 5.71. The molecule has 5 nitrogen and oxygen atoms in total. The largest absolute Gasteiger partial charge is 0.496 e. The molecule has 1 aromatic heterocycles. The molecule has 0 saturated carbocycles. The maximum Gasteiger partial charge on any atom is 0.307 e. The van der Waals surface area contributed by atoms with E-state index in [4.69, 9.17) is 9.47 Å². The first-order valence-electron chi connectivity index (χ1n) is 10.2. The number of imidazole rings is 1. The van der Waals surface area contributed by atoms with E-state index in [2.05, 4.69) is 21.7 Å². The lowest BCUT2D eigenvalue weighted by Crippen LogP contribution is -2.26. The molecule has 0 aliphatic carbocycles. The van der Waals surface area contributed by atoms with Crippen LogP contribution in [-0.4, -0.2) is 28.2 Å². The van der Waals surface area contributed by atoms with E-state index in [1.54, 1.807) is 13.3 Å². The van der Waals surface area contributed by atoms with Gasteiger partial charge in [0, 0.05) is 23.9 Å². The van der Waals surface area contributed by atoms with Crippen molar-refractivity contribution < 1.29 is 14.3 Å². The zero-order valence-electron chi connectivity index (χ0n) is 18.2. The number of rotatable bonds is 8. The number of hydrogen-bond acceptors (Lipinski definition) is 4. The number of esters is 1. The Morgan fingerprint density at radius 2 is 1.77 bits per heavy atom. The highest BCUT2D eigenvalue weighted by atomic mass is 16.6. The standard InChI is InChI=1S/C25H30N2O3/c1-25(2,3)30-23(28)17-21(16-19-10-6-5-7-11-19)24-26-14-15-27(24)18-20-12-8-9-13-22(20)29-4/h5-15,21H,16-18H2,1-4H3/t21-/m1/s1. The Morgan fingerprint density at radius 3 is 2.47 bits per heavy atom. The Morgan fingerprint density at radius 1 is 1.07 bits per heavy atom. The first kappa shape index (κ1) is 21.6. The van der Waals surface area contributed by atoms with E-state index in [0.29, 0.717) is 13.0 Å². The lowest BCUT2D eigenvalue weighted by molar-refractivity contribution is -0.155. The van der Waals surface area contributed by atoms with Gasteiger partial charge in [0.15, 0.2) is 0 Å². The second-order valence-electron chi connectivity index (χ2n) is 8.40. The Kier molecular flexibility index (Phi) is 6.93. The Balaban J connectivity index is 1.88. The lowest BCUT2D eigenvalue weighted by atomic mass is 9.95. The van der Waals surface area contributed by atoms with Crippen molar-refractivity contribution in [1.29, 1.82) is 0 Å². The van der Waals surface area contributed by atoms with Gasteiger partial charge in [-0.15, -0.1) is 0 Å². The minimum atomic E-state index is -0.513. The zero-order chi connectivity index (χ0) is 21.6. The number of nitrogens with zero attached hydrogens (tertiary/aromatic N) is 2. The molecule has 0 aliphatic rings. The number of ether oxygens (including phenoxy) is 2. The smallest absolute Gasteiger partial charge is 0.307 e. The maximum absolute atomic E-state index is 12.6. The number of hydrogen-bond donors (Lipinski definition) is 0. The number of carbonyl (C=O) groups is 1. The van der Waals surface area contributed by atoms with Gasteiger partial charge in [-0.2, -0.15) is 0 Å². The number of carbonyl (C=O) groups excluding carboxylic acids is 1. The topological polar surface area (TPSA) is 53.4 Å². The molecule has 0 aliphatic heterocycles. The molecule has 3 rings (SSSR count). The highest BCUT2D eigenvalue weighted by Gasteiger charge is 2.25. The molecule has 5 heteroatoms. The third kappa shape index (κ3) is 5.96. The molecule has 3 aromatic rings. The monoisotopic (exact) mass is 406 g/mol. The van der Waals surface area contributed by atoms with Crippen molar-refractivity contribution in [2.24, 2.45) is 0 Å². The van der Waals surface area contributed by atoms with Crippen LogP contribution in [0.15, 0.2) is 67.0 Å². The minimum Gasteiger partial charge on any atom is -0.496 e. The number of methoxy groups -OCH3 is 1. The number of aromatic nitrogens is 2. The molecule has 0 unspecified atom stereocenters. The van der Waals surface area contributed by atoms with Crippen LogP contribution >= 0.6 is 0 Å². The minimum absolute atomic E-state index is 0.0908.